The average Bonchev–Trinajstić information content (AvgIpc) is 2.23. The van der Waals surface area contributed by atoms with E-state index < -0.39 is 0 Å². The van der Waals surface area contributed by atoms with Crippen molar-refractivity contribution in [3.05, 3.63) is 0 Å². The van der Waals surface area contributed by atoms with Crippen molar-refractivity contribution in [1.29, 1.82) is 0 Å². The SMILES string of the molecule is CCNC(C)CC(=O)NCC(=O)NCC(C)C. The molecule has 0 bridgehead atoms. The standard InChI is InChI=1S/C12H25N3O2/c1-5-13-10(4)6-11(16)15-8-12(17)14-7-9(2)3/h9-10,13H,5-8H2,1-4H3,(H,14,17)(H,15,16). The van der Waals surface area contributed by atoms with Crippen LogP contribution in [-0.4, -0.2) is 37.5 Å². The van der Waals surface area contributed by atoms with Crippen molar-refractivity contribution in [3.63, 3.8) is 0 Å². The number of carbonyl (C=O) groups is 2. The van der Waals surface area contributed by atoms with Gasteiger partial charge in [0.2, 0.25) is 11.8 Å². The third kappa shape index (κ3) is 9.81. The van der Waals surface area contributed by atoms with E-state index in [1.54, 1.807) is 0 Å². The third-order valence-corrected chi connectivity index (χ3v) is 2.20. The molecule has 0 radical (unpaired) electrons. The summed E-state index contributed by atoms with van der Waals surface area (Å²) in [6.45, 7) is 9.53. The van der Waals surface area contributed by atoms with Gasteiger partial charge in [-0.05, 0) is 19.4 Å². The van der Waals surface area contributed by atoms with Crippen molar-refractivity contribution >= 4 is 11.8 Å². The minimum Gasteiger partial charge on any atom is -0.354 e. The first kappa shape index (κ1) is 15.9. The summed E-state index contributed by atoms with van der Waals surface area (Å²) in [5, 5.41) is 8.49. The van der Waals surface area contributed by atoms with Gasteiger partial charge in [-0.2, -0.15) is 0 Å². The first-order chi connectivity index (χ1) is 7.95. The van der Waals surface area contributed by atoms with Gasteiger partial charge in [-0.1, -0.05) is 20.8 Å². The molecule has 0 aliphatic rings. The first-order valence-corrected chi connectivity index (χ1v) is 6.22. The lowest BCUT2D eigenvalue weighted by molar-refractivity contribution is -0.126. The second-order valence-corrected chi connectivity index (χ2v) is 4.64. The van der Waals surface area contributed by atoms with E-state index in [1.165, 1.54) is 0 Å². The fourth-order valence-corrected chi connectivity index (χ4v) is 1.33. The zero-order chi connectivity index (χ0) is 13.3. The van der Waals surface area contributed by atoms with E-state index in [1.807, 2.05) is 27.7 Å². The van der Waals surface area contributed by atoms with Crippen LogP contribution in [0.25, 0.3) is 0 Å². The Bertz CT molecular complexity index is 242. The van der Waals surface area contributed by atoms with E-state index in [-0.39, 0.29) is 24.4 Å². The molecule has 5 heteroatoms. The topological polar surface area (TPSA) is 70.2 Å². The lowest BCUT2D eigenvalue weighted by Gasteiger charge is -2.12. The maximum atomic E-state index is 11.4. The van der Waals surface area contributed by atoms with Crippen LogP contribution >= 0.6 is 0 Å². The zero-order valence-electron chi connectivity index (χ0n) is 11.3. The first-order valence-electron chi connectivity index (χ1n) is 6.22. The van der Waals surface area contributed by atoms with E-state index in [9.17, 15) is 9.59 Å². The Balaban J connectivity index is 3.65. The summed E-state index contributed by atoms with van der Waals surface area (Å²) < 4.78 is 0. The molecule has 1 atom stereocenters. The van der Waals surface area contributed by atoms with Crippen molar-refractivity contribution in [1.82, 2.24) is 16.0 Å². The van der Waals surface area contributed by atoms with Crippen LogP contribution in [-0.2, 0) is 9.59 Å². The average molecular weight is 243 g/mol. The summed E-state index contributed by atoms with van der Waals surface area (Å²) in [4.78, 5) is 22.8. The monoisotopic (exact) mass is 243 g/mol. The highest BCUT2D eigenvalue weighted by Gasteiger charge is 2.09. The molecule has 17 heavy (non-hydrogen) atoms. The summed E-state index contributed by atoms with van der Waals surface area (Å²) >= 11 is 0. The van der Waals surface area contributed by atoms with Gasteiger partial charge in [0, 0.05) is 19.0 Å². The predicted molar refractivity (Wildman–Crippen MR) is 68.6 cm³/mol. The van der Waals surface area contributed by atoms with Crippen LogP contribution in [0.1, 0.15) is 34.1 Å². The second-order valence-electron chi connectivity index (χ2n) is 4.64. The van der Waals surface area contributed by atoms with Crippen LogP contribution in [0, 0.1) is 5.92 Å². The largest absolute Gasteiger partial charge is 0.354 e. The Morgan fingerprint density at radius 2 is 1.71 bits per heavy atom. The third-order valence-electron chi connectivity index (χ3n) is 2.20. The molecule has 0 spiro atoms. The van der Waals surface area contributed by atoms with Gasteiger partial charge in [0.25, 0.3) is 0 Å². The maximum absolute atomic E-state index is 11.4. The molecule has 0 aromatic carbocycles. The van der Waals surface area contributed by atoms with Crippen molar-refractivity contribution in [2.45, 2.75) is 40.2 Å². The molecule has 0 rings (SSSR count). The van der Waals surface area contributed by atoms with Crippen molar-refractivity contribution in [3.8, 4) is 0 Å². The smallest absolute Gasteiger partial charge is 0.239 e. The Hall–Kier alpha value is -1.10. The highest BCUT2D eigenvalue weighted by Crippen LogP contribution is 1.90. The van der Waals surface area contributed by atoms with Crippen LogP contribution in [0.15, 0.2) is 0 Å². The van der Waals surface area contributed by atoms with Gasteiger partial charge in [-0.3, -0.25) is 9.59 Å². The van der Waals surface area contributed by atoms with Gasteiger partial charge in [-0.25, -0.2) is 0 Å². The summed E-state index contributed by atoms with van der Waals surface area (Å²) in [5.41, 5.74) is 0. The fraction of sp³-hybridized carbons (Fsp3) is 0.833. The Morgan fingerprint density at radius 1 is 1.06 bits per heavy atom. The van der Waals surface area contributed by atoms with Gasteiger partial charge < -0.3 is 16.0 Å². The number of amides is 2. The Labute approximate surface area is 104 Å². The molecule has 3 N–H and O–H groups in total. The van der Waals surface area contributed by atoms with Gasteiger partial charge in [0.15, 0.2) is 0 Å². The van der Waals surface area contributed by atoms with E-state index >= 15 is 0 Å². The molecule has 0 saturated carbocycles. The van der Waals surface area contributed by atoms with Crippen molar-refractivity contribution < 1.29 is 9.59 Å². The normalized spacial score (nSPS) is 12.3. The summed E-state index contributed by atoms with van der Waals surface area (Å²) in [5.74, 6) is 0.185. The molecule has 0 aromatic heterocycles. The summed E-state index contributed by atoms with van der Waals surface area (Å²) in [7, 11) is 0. The second kappa shape index (κ2) is 8.98. The van der Waals surface area contributed by atoms with Crippen LogP contribution in [0.4, 0.5) is 0 Å². The van der Waals surface area contributed by atoms with E-state index in [0.29, 0.717) is 18.9 Å². The molecule has 100 valence electrons. The van der Waals surface area contributed by atoms with Crippen molar-refractivity contribution in [2.24, 2.45) is 5.92 Å². The Morgan fingerprint density at radius 3 is 2.24 bits per heavy atom. The lowest BCUT2D eigenvalue weighted by atomic mass is 10.2. The molecule has 0 saturated heterocycles. The minimum atomic E-state index is -0.136. The minimum absolute atomic E-state index is 0.0599. The zero-order valence-corrected chi connectivity index (χ0v) is 11.3. The molecular formula is C12H25N3O2. The number of hydrogen-bond acceptors (Lipinski definition) is 3. The molecular weight excluding hydrogens is 218 g/mol. The molecule has 0 aliphatic carbocycles. The van der Waals surface area contributed by atoms with E-state index in [2.05, 4.69) is 16.0 Å². The highest BCUT2D eigenvalue weighted by atomic mass is 16.2. The summed E-state index contributed by atoms with van der Waals surface area (Å²) in [6.07, 6.45) is 0.394. The fourth-order valence-electron chi connectivity index (χ4n) is 1.33. The number of carbonyl (C=O) groups excluding carboxylic acids is 2. The molecule has 5 nitrogen and oxygen atoms in total. The molecule has 2 amide bonds. The van der Waals surface area contributed by atoms with Gasteiger partial charge in [0.1, 0.15) is 0 Å². The van der Waals surface area contributed by atoms with Crippen LogP contribution < -0.4 is 16.0 Å². The molecule has 1 unspecified atom stereocenters. The van der Waals surface area contributed by atoms with Gasteiger partial charge in [-0.15, -0.1) is 0 Å². The quantitative estimate of drug-likeness (QED) is 0.573. The Kier molecular flexibility index (Phi) is 8.40. The van der Waals surface area contributed by atoms with Crippen molar-refractivity contribution in [2.75, 3.05) is 19.6 Å². The number of hydrogen-bond donors (Lipinski definition) is 3. The predicted octanol–water partition coefficient (Wildman–Crippen LogP) is 0.263. The molecule has 0 fully saturated rings. The van der Waals surface area contributed by atoms with Crippen LogP contribution in [0.5, 0.6) is 0 Å². The number of nitrogens with one attached hydrogen (secondary N) is 3. The van der Waals surface area contributed by atoms with E-state index in [0.717, 1.165) is 6.54 Å². The molecule has 0 aliphatic heterocycles. The highest BCUT2D eigenvalue weighted by molar-refractivity contribution is 5.84. The van der Waals surface area contributed by atoms with Crippen LogP contribution in [0.2, 0.25) is 0 Å². The summed E-state index contributed by atoms with van der Waals surface area (Å²) in [6, 6.07) is 0.138. The molecule has 0 heterocycles. The van der Waals surface area contributed by atoms with Crippen LogP contribution in [0.3, 0.4) is 0 Å². The van der Waals surface area contributed by atoms with Gasteiger partial charge >= 0.3 is 0 Å². The van der Waals surface area contributed by atoms with Gasteiger partial charge in [0.05, 0.1) is 6.54 Å². The number of rotatable bonds is 8. The van der Waals surface area contributed by atoms with E-state index in [4.69, 9.17) is 0 Å². The maximum Gasteiger partial charge on any atom is 0.239 e. The molecule has 0 aromatic rings. The lowest BCUT2D eigenvalue weighted by Crippen LogP contribution is -2.40.